The van der Waals surface area contributed by atoms with Crippen LogP contribution in [0.3, 0.4) is 0 Å². The van der Waals surface area contributed by atoms with Crippen LogP contribution in [0.2, 0.25) is 0 Å². The third kappa shape index (κ3) is 4.23. The minimum atomic E-state index is -0.284. The minimum Gasteiger partial charge on any atom is -0.381 e. The highest BCUT2D eigenvalue weighted by Crippen LogP contribution is 2.37. The highest BCUT2D eigenvalue weighted by Gasteiger charge is 2.39. The summed E-state index contributed by atoms with van der Waals surface area (Å²) in [5.41, 5.74) is 5.24. The van der Waals surface area contributed by atoms with Gasteiger partial charge in [-0.05, 0) is 46.9 Å². The smallest absolute Gasteiger partial charge is 0.228 e. The van der Waals surface area contributed by atoms with Crippen molar-refractivity contribution in [2.75, 3.05) is 39.5 Å². The van der Waals surface area contributed by atoms with Crippen molar-refractivity contribution in [2.24, 2.45) is 5.41 Å². The molecule has 0 radical (unpaired) electrons. The molecular weight excluding hydrogens is 364 g/mol. The summed E-state index contributed by atoms with van der Waals surface area (Å²) in [6.07, 6.45) is 2.57. The number of fused-ring (bicyclic) bond motifs is 1. The van der Waals surface area contributed by atoms with Crippen molar-refractivity contribution in [3.63, 3.8) is 0 Å². The van der Waals surface area contributed by atoms with Gasteiger partial charge in [-0.15, -0.1) is 0 Å². The molecule has 1 aromatic carbocycles. The first kappa shape index (κ1) is 20.8. The van der Waals surface area contributed by atoms with Crippen LogP contribution < -0.4 is 5.32 Å². The highest BCUT2D eigenvalue weighted by atomic mass is 16.5. The fourth-order valence-electron chi connectivity index (χ4n) is 4.80. The monoisotopic (exact) mass is 400 g/mol. The third-order valence-electron chi connectivity index (χ3n) is 6.94. The summed E-state index contributed by atoms with van der Waals surface area (Å²) < 4.78 is 11.3. The lowest BCUT2D eigenvalue weighted by atomic mass is 9.78. The molecule has 3 aliphatic rings. The maximum absolute atomic E-state index is 13.4. The van der Waals surface area contributed by atoms with Crippen LogP contribution in [-0.2, 0) is 32.6 Å². The maximum atomic E-state index is 13.4. The molecule has 1 N–H and O–H groups in total. The zero-order valence-electron chi connectivity index (χ0n) is 18.5. The molecule has 5 nitrogen and oxygen atoms in total. The predicted octanol–water partition coefficient (Wildman–Crippen LogP) is 3.35. The standard InChI is InChI=1S/C24H36N2O3/c1-23(2,3)18-13-17-5-9-26(22(27)24(4)6-10-28-11-7-24)15-20(17)19(14-18)21-16-29-12-8-25-21/h13-14,21,25H,5-12,15-16H2,1-4H3/t21-/m0/s1. The summed E-state index contributed by atoms with van der Waals surface area (Å²) in [5, 5.41) is 3.63. The molecule has 0 spiro atoms. The molecule has 1 atom stereocenters. The van der Waals surface area contributed by atoms with E-state index < -0.39 is 0 Å². The number of hydrogen-bond donors (Lipinski definition) is 1. The molecule has 0 aliphatic carbocycles. The number of carbonyl (C=O) groups excluding carboxylic acids is 1. The van der Waals surface area contributed by atoms with Crippen LogP contribution in [0, 0.1) is 5.41 Å². The number of rotatable bonds is 2. The van der Waals surface area contributed by atoms with E-state index in [9.17, 15) is 4.79 Å². The molecule has 0 aromatic heterocycles. The lowest BCUT2D eigenvalue weighted by Crippen LogP contribution is -2.47. The molecule has 2 saturated heterocycles. The van der Waals surface area contributed by atoms with E-state index in [-0.39, 0.29) is 16.9 Å². The Kier molecular flexibility index (Phi) is 5.75. The number of morpholine rings is 1. The van der Waals surface area contributed by atoms with E-state index in [2.05, 4.69) is 50.0 Å². The Morgan fingerprint density at radius 1 is 1.17 bits per heavy atom. The van der Waals surface area contributed by atoms with Gasteiger partial charge in [-0.3, -0.25) is 4.79 Å². The average molecular weight is 401 g/mol. The Hall–Kier alpha value is -1.43. The molecule has 1 amide bonds. The van der Waals surface area contributed by atoms with Gasteiger partial charge in [-0.1, -0.05) is 39.8 Å². The zero-order chi connectivity index (χ0) is 20.6. The lowest BCUT2D eigenvalue weighted by Gasteiger charge is -2.40. The lowest BCUT2D eigenvalue weighted by molar-refractivity contribution is -0.147. The highest BCUT2D eigenvalue weighted by molar-refractivity contribution is 5.82. The zero-order valence-corrected chi connectivity index (χ0v) is 18.5. The van der Waals surface area contributed by atoms with E-state index in [1.54, 1.807) is 0 Å². The minimum absolute atomic E-state index is 0.0990. The second-order valence-electron chi connectivity index (χ2n) is 10.2. The number of benzene rings is 1. The van der Waals surface area contributed by atoms with Gasteiger partial charge >= 0.3 is 0 Å². The van der Waals surface area contributed by atoms with Gasteiger partial charge in [0.05, 0.1) is 24.7 Å². The van der Waals surface area contributed by atoms with E-state index >= 15 is 0 Å². The Balaban J connectivity index is 1.66. The maximum Gasteiger partial charge on any atom is 0.228 e. The first-order chi connectivity index (χ1) is 13.8. The molecule has 29 heavy (non-hydrogen) atoms. The van der Waals surface area contributed by atoms with Gasteiger partial charge in [-0.25, -0.2) is 0 Å². The van der Waals surface area contributed by atoms with Crippen molar-refractivity contribution in [1.29, 1.82) is 0 Å². The largest absolute Gasteiger partial charge is 0.381 e. The molecular formula is C24H36N2O3. The fourth-order valence-corrected chi connectivity index (χ4v) is 4.80. The van der Waals surface area contributed by atoms with Gasteiger partial charge in [0, 0.05) is 32.8 Å². The third-order valence-corrected chi connectivity index (χ3v) is 6.94. The second kappa shape index (κ2) is 8.01. The summed E-state index contributed by atoms with van der Waals surface area (Å²) >= 11 is 0. The molecule has 0 bridgehead atoms. The molecule has 160 valence electrons. The predicted molar refractivity (Wildman–Crippen MR) is 114 cm³/mol. The first-order valence-electron chi connectivity index (χ1n) is 11.1. The molecule has 2 fully saturated rings. The molecule has 4 rings (SSSR count). The van der Waals surface area contributed by atoms with Gasteiger partial charge in [-0.2, -0.15) is 0 Å². The van der Waals surface area contributed by atoms with Crippen LogP contribution in [0.15, 0.2) is 12.1 Å². The molecule has 0 unspecified atom stereocenters. The quantitative estimate of drug-likeness (QED) is 0.827. The van der Waals surface area contributed by atoms with Gasteiger partial charge in [0.15, 0.2) is 0 Å². The van der Waals surface area contributed by atoms with Crippen LogP contribution in [0.4, 0.5) is 0 Å². The second-order valence-corrected chi connectivity index (χ2v) is 10.2. The van der Waals surface area contributed by atoms with Crippen molar-refractivity contribution in [3.05, 3.63) is 34.4 Å². The molecule has 0 saturated carbocycles. The number of nitrogens with zero attached hydrogens (tertiary/aromatic N) is 1. The van der Waals surface area contributed by atoms with E-state index in [1.807, 2.05) is 0 Å². The number of hydrogen-bond acceptors (Lipinski definition) is 4. The Labute approximate surface area is 175 Å². The molecule has 3 aliphatic heterocycles. The summed E-state index contributed by atoms with van der Waals surface area (Å²) in [5.74, 6) is 0.296. The average Bonchev–Trinajstić information content (AvgIpc) is 2.72. The fraction of sp³-hybridized carbons (Fsp3) is 0.708. The Morgan fingerprint density at radius 3 is 2.59 bits per heavy atom. The normalized spacial score (nSPS) is 24.8. The van der Waals surface area contributed by atoms with Gasteiger partial charge < -0.3 is 19.7 Å². The van der Waals surface area contributed by atoms with Crippen molar-refractivity contribution in [1.82, 2.24) is 10.2 Å². The van der Waals surface area contributed by atoms with Crippen LogP contribution in [0.1, 0.15) is 68.8 Å². The summed E-state index contributed by atoms with van der Waals surface area (Å²) in [6.45, 7) is 14.2. The van der Waals surface area contributed by atoms with E-state index in [1.165, 1.54) is 22.3 Å². The Bertz CT molecular complexity index is 756. The summed E-state index contributed by atoms with van der Waals surface area (Å²) in [4.78, 5) is 15.5. The van der Waals surface area contributed by atoms with Crippen molar-refractivity contribution < 1.29 is 14.3 Å². The van der Waals surface area contributed by atoms with E-state index in [0.717, 1.165) is 39.0 Å². The van der Waals surface area contributed by atoms with E-state index in [4.69, 9.17) is 9.47 Å². The number of ether oxygens (including phenoxy) is 2. The van der Waals surface area contributed by atoms with Crippen LogP contribution in [0.5, 0.6) is 0 Å². The number of amides is 1. The molecule has 3 heterocycles. The van der Waals surface area contributed by atoms with Crippen molar-refractivity contribution in [2.45, 2.75) is 65.0 Å². The van der Waals surface area contributed by atoms with Crippen LogP contribution >= 0.6 is 0 Å². The van der Waals surface area contributed by atoms with Gasteiger partial charge in [0.1, 0.15) is 0 Å². The van der Waals surface area contributed by atoms with Crippen molar-refractivity contribution >= 4 is 5.91 Å². The van der Waals surface area contributed by atoms with Crippen molar-refractivity contribution in [3.8, 4) is 0 Å². The number of carbonyl (C=O) groups is 1. The summed E-state index contributed by atoms with van der Waals surface area (Å²) in [7, 11) is 0. The Morgan fingerprint density at radius 2 is 1.93 bits per heavy atom. The van der Waals surface area contributed by atoms with E-state index in [0.29, 0.717) is 32.3 Å². The first-order valence-corrected chi connectivity index (χ1v) is 11.1. The van der Waals surface area contributed by atoms with Gasteiger partial charge in [0.25, 0.3) is 0 Å². The van der Waals surface area contributed by atoms with Crippen LogP contribution in [-0.4, -0.2) is 50.3 Å². The topological polar surface area (TPSA) is 50.8 Å². The molecule has 1 aromatic rings. The van der Waals surface area contributed by atoms with Crippen LogP contribution in [0.25, 0.3) is 0 Å². The summed E-state index contributed by atoms with van der Waals surface area (Å²) in [6, 6.07) is 4.93. The SMILES string of the molecule is CC1(C(=O)N2CCc3cc(C(C)(C)C)cc([C@@H]4COCCN4)c3C2)CCOCC1. The number of nitrogens with one attached hydrogen (secondary N) is 1. The van der Waals surface area contributed by atoms with Gasteiger partial charge in [0.2, 0.25) is 5.91 Å². The molecule has 5 heteroatoms.